The number of nitrogens with zero attached hydrogens (tertiary/aromatic N) is 2. The van der Waals surface area contributed by atoms with Gasteiger partial charge >= 0.3 is 12.0 Å². The van der Waals surface area contributed by atoms with Crippen LogP contribution in [0.25, 0.3) is 0 Å². The first-order valence-electron chi connectivity index (χ1n) is 7.36. The summed E-state index contributed by atoms with van der Waals surface area (Å²) in [6.07, 6.45) is 2.42. The van der Waals surface area contributed by atoms with E-state index >= 15 is 0 Å². The number of hydrogen-bond donors (Lipinski definition) is 2. The number of thioether (sulfide) groups is 1. The molecule has 2 N–H and O–H groups in total. The van der Waals surface area contributed by atoms with Crippen LogP contribution in [0.1, 0.15) is 12.8 Å². The van der Waals surface area contributed by atoms with Gasteiger partial charge in [-0.25, -0.2) is 9.59 Å². The number of amides is 2. The standard InChI is InChI=1S/C13H21N3O4S/c17-12(18)11-7-21-8-16(11)13(19)14-4-10-5-15-3-1-2-9(15)6-20-10/h9-11H,1-8H2,(H,14,19)(H,17,18). The Bertz CT molecular complexity index is 422. The summed E-state index contributed by atoms with van der Waals surface area (Å²) in [4.78, 5) is 27.0. The molecule has 0 aliphatic carbocycles. The second-order valence-electron chi connectivity index (χ2n) is 5.76. The van der Waals surface area contributed by atoms with Crippen LogP contribution in [0.5, 0.6) is 0 Å². The van der Waals surface area contributed by atoms with Gasteiger partial charge in [0.25, 0.3) is 0 Å². The first kappa shape index (κ1) is 14.9. The van der Waals surface area contributed by atoms with Gasteiger partial charge in [0.15, 0.2) is 0 Å². The maximum Gasteiger partial charge on any atom is 0.327 e. The van der Waals surface area contributed by atoms with E-state index in [1.807, 2.05) is 0 Å². The summed E-state index contributed by atoms with van der Waals surface area (Å²) in [6.45, 7) is 3.14. The highest BCUT2D eigenvalue weighted by Gasteiger charge is 2.36. The van der Waals surface area contributed by atoms with Gasteiger partial charge < -0.3 is 20.1 Å². The Kier molecular flexibility index (Phi) is 4.56. The minimum absolute atomic E-state index is 0.00170. The molecule has 0 spiro atoms. The number of morpholine rings is 1. The first-order chi connectivity index (χ1) is 10.1. The summed E-state index contributed by atoms with van der Waals surface area (Å²) >= 11 is 1.47. The lowest BCUT2D eigenvalue weighted by Gasteiger charge is -2.35. The van der Waals surface area contributed by atoms with Gasteiger partial charge in [-0.15, -0.1) is 11.8 Å². The molecule has 21 heavy (non-hydrogen) atoms. The number of hydrogen-bond acceptors (Lipinski definition) is 5. The highest BCUT2D eigenvalue weighted by molar-refractivity contribution is 7.99. The van der Waals surface area contributed by atoms with Gasteiger partial charge in [-0.2, -0.15) is 0 Å². The second kappa shape index (κ2) is 6.41. The number of carboxylic acid groups (broad SMARTS) is 1. The molecule has 0 radical (unpaired) electrons. The van der Waals surface area contributed by atoms with Gasteiger partial charge in [0.1, 0.15) is 6.04 Å². The van der Waals surface area contributed by atoms with Crippen LogP contribution in [-0.4, -0.2) is 83.0 Å². The minimum Gasteiger partial charge on any atom is -0.480 e. The maximum absolute atomic E-state index is 12.1. The van der Waals surface area contributed by atoms with Crippen molar-refractivity contribution in [3.05, 3.63) is 0 Å². The third kappa shape index (κ3) is 3.27. The number of urea groups is 1. The topological polar surface area (TPSA) is 82.1 Å². The molecule has 2 amide bonds. The van der Waals surface area contributed by atoms with Crippen molar-refractivity contribution in [2.45, 2.75) is 31.0 Å². The normalized spacial score (nSPS) is 33.0. The minimum atomic E-state index is -0.941. The van der Waals surface area contributed by atoms with E-state index < -0.39 is 12.0 Å². The van der Waals surface area contributed by atoms with Crippen molar-refractivity contribution in [1.82, 2.24) is 15.1 Å². The Labute approximate surface area is 128 Å². The molecular weight excluding hydrogens is 294 g/mol. The molecule has 0 aromatic heterocycles. The molecule has 3 atom stereocenters. The summed E-state index contributed by atoms with van der Waals surface area (Å²) in [5, 5.41) is 11.9. The molecule has 0 saturated carbocycles. The molecule has 0 aromatic carbocycles. The van der Waals surface area contributed by atoms with Crippen LogP contribution in [0.4, 0.5) is 4.79 Å². The predicted octanol–water partition coefficient (Wildman–Crippen LogP) is 0.0187. The summed E-state index contributed by atoms with van der Waals surface area (Å²) < 4.78 is 5.78. The van der Waals surface area contributed by atoms with Gasteiger partial charge in [-0.1, -0.05) is 0 Å². The molecule has 7 nitrogen and oxygen atoms in total. The Morgan fingerprint density at radius 2 is 2.29 bits per heavy atom. The highest BCUT2D eigenvalue weighted by Crippen LogP contribution is 2.23. The summed E-state index contributed by atoms with van der Waals surface area (Å²) in [7, 11) is 0. The molecule has 0 bridgehead atoms. The third-order valence-corrected chi connectivity index (χ3v) is 5.38. The summed E-state index contributed by atoms with van der Waals surface area (Å²) in [5.74, 6) is -0.0512. The monoisotopic (exact) mass is 315 g/mol. The quantitative estimate of drug-likeness (QED) is 0.764. The smallest absolute Gasteiger partial charge is 0.327 e. The number of carboxylic acids is 1. The first-order valence-corrected chi connectivity index (χ1v) is 8.51. The van der Waals surface area contributed by atoms with E-state index in [0.717, 1.165) is 19.7 Å². The van der Waals surface area contributed by atoms with Gasteiger partial charge in [0.05, 0.1) is 18.6 Å². The second-order valence-corrected chi connectivity index (χ2v) is 6.76. The van der Waals surface area contributed by atoms with Crippen molar-refractivity contribution < 1.29 is 19.4 Å². The number of fused-ring (bicyclic) bond motifs is 1. The molecule has 3 rings (SSSR count). The van der Waals surface area contributed by atoms with Crippen molar-refractivity contribution in [2.75, 3.05) is 37.9 Å². The van der Waals surface area contributed by atoms with Crippen molar-refractivity contribution in [1.29, 1.82) is 0 Å². The fourth-order valence-electron chi connectivity index (χ4n) is 3.16. The van der Waals surface area contributed by atoms with Crippen molar-refractivity contribution in [3.63, 3.8) is 0 Å². The van der Waals surface area contributed by atoms with Crippen LogP contribution in [0, 0.1) is 0 Å². The Hall–Kier alpha value is -0.990. The van der Waals surface area contributed by atoms with E-state index in [1.165, 1.54) is 29.5 Å². The fourth-order valence-corrected chi connectivity index (χ4v) is 4.30. The zero-order chi connectivity index (χ0) is 14.8. The average Bonchev–Trinajstić information content (AvgIpc) is 3.12. The van der Waals surface area contributed by atoms with Gasteiger partial charge in [0, 0.05) is 24.9 Å². The molecule has 3 unspecified atom stereocenters. The van der Waals surface area contributed by atoms with Gasteiger partial charge in [-0.05, 0) is 19.4 Å². The van der Waals surface area contributed by atoms with E-state index in [9.17, 15) is 9.59 Å². The Balaban J connectivity index is 1.46. The van der Waals surface area contributed by atoms with Crippen LogP contribution in [0.2, 0.25) is 0 Å². The summed E-state index contributed by atoms with van der Waals surface area (Å²) in [5.41, 5.74) is 0. The molecule has 118 valence electrons. The van der Waals surface area contributed by atoms with Crippen LogP contribution >= 0.6 is 11.8 Å². The van der Waals surface area contributed by atoms with Crippen LogP contribution < -0.4 is 5.32 Å². The molecule has 3 fully saturated rings. The summed E-state index contributed by atoms with van der Waals surface area (Å²) in [6, 6.07) is -0.479. The van der Waals surface area contributed by atoms with E-state index in [1.54, 1.807) is 0 Å². The molecule has 3 aliphatic rings. The molecule has 0 aromatic rings. The van der Waals surface area contributed by atoms with Crippen molar-refractivity contribution >= 4 is 23.8 Å². The lowest BCUT2D eigenvalue weighted by atomic mass is 10.2. The number of nitrogens with one attached hydrogen (secondary N) is 1. The lowest BCUT2D eigenvalue weighted by Crippen LogP contribution is -2.53. The number of carbonyl (C=O) groups excluding carboxylic acids is 1. The molecule has 3 aliphatic heterocycles. The lowest BCUT2D eigenvalue weighted by molar-refractivity contribution is -0.140. The molecule has 8 heteroatoms. The van der Waals surface area contributed by atoms with E-state index in [-0.39, 0.29) is 12.1 Å². The number of carbonyl (C=O) groups is 2. The number of ether oxygens (including phenoxy) is 1. The number of aliphatic carboxylic acids is 1. The Morgan fingerprint density at radius 3 is 3.10 bits per heavy atom. The third-order valence-electron chi connectivity index (χ3n) is 4.37. The van der Waals surface area contributed by atoms with Crippen LogP contribution in [0.3, 0.4) is 0 Å². The molecule has 3 saturated heterocycles. The zero-order valence-corrected chi connectivity index (χ0v) is 12.7. The number of rotatable bonds is 3. The fraction of sp³-hybridized carbons (Fsp3) is 0.846. The Morgan fingerprint density at radius 1 is 1.43 bits per heavy atom. The molecular formula is C13H21N3O4S. The van der Waals surface area contributed by atoms with Crippen molar-refractivity contribution in [2.24, 2.45) is 0 Å². The largest absolute Gasteiger partial charge is 0.480 e. The van der Waals surface area contributed by atoms with Gasteiger partial charge in [0.2, 0.25) is 0 Å². The van der Waals surface area contributed by atoms with Crippen molar-refractivity contribution in [3.8, 4) is 0 Å². The van der Waals surface area contributed by atoms with Gasteiger partial charge in [-0.3, -0.25) is 4.90 Å². The van der Waals surface area contributed by atoms with E-state index in [2.05, 4.69) is 10.2 Å². The van der Waals surface area contributed by atoms with E-state index in [4.69, 9.17) is 9.84 Å². The average molecular weight is 315 g/mol. The van der Waals surface area contributed by atoms with E-state index in [0.29, 0.717) is 24.2 Å². The SMILES string of the molecule is O=C(O)C1CSCN1C(=O)NCC1CN2CCCC2CO1. The van der Waals surface area contributed by atoms with Crippen LogP contribution in [0.15, 0.2) is 0 Å². The highest BCUT2D eigenvalue weighted by atomic mass is 32.2. The zero-order valence-electron chi connectivity index (χ0n) is 11.9. The molecule has 3 heterocycles. The predicted molar refractivity (Wildman–Crippen MR) is 78.3 cm³/mol. The van der Waals surface area contributed by atoms with Crippen LogP contribution in [-0.2, 0) is 9.53 Å². The maximum atomic E-state index is 12.1.